The summed E-state index contributed by atoms with van der Waals surface area (Å²) in [6.07, 6.45) is 3.64. The predicted molar refractivity (Wildman–Crippen MR) is 117 cm³/mol. The second kappa shape index (κ2) is 9.57. The number of anilines is 1. The van der Waals surface area contributed by atoms with E-state index < -0.39 is 0 Å². The fourth-order valence-electron chi connectivity index (χ4n) is 4.27. The van der Waals surface area contributed by atoms with Gasteiger partial charge in [-0.05, 0) is 37.1 Å². The molecule has 2 aliphatic rings. The number of carbonyl (C=O) groups excluding carboxylic acids is 2. The molecule has 3 heterocycles. The van der Waals surface area contributed by atoms with E-state index in [0.29, 0.717) is 12.1 Å². The van der Waals surface area contributed by atoms with E-state index in [9.17, 15) is 9.59 Å². The minimum absolute atomic E-state index is 0.0499. The van der Waals surface area contributed by atoms with E-state index in [1.54, 1.807) is 17.5 Å². The summed E-state index contributed by atoms with van der Waals surface area (Å²) in [6.45, 7) is 6.13. The minimum Gasteiger partial charge on any atom is -0.378 e. The molecule has 2 unspecified atom stereocenters. The summed E-state index contributed by atoms with van der Waals surface area (Å²) in [4.78, 5) is 33.5. The zero-order chi connectivity index (χ0) is 20.9. The SMILES string of the molecule is CC(=O)NC(c1nccs1)C1CCCN(C(=O)c2ccc(N3CCOCC3)cc2)C1. The first kappa shape index (κ1) is 20.8. The molecule has 1 N–H and O–H groups in total. The highest BCUT2D eigenvalue weighted by Crippen LogP contribution is 2.31. The van der Waals surface area contributed by atoms with Crippen molar-refractivity contribution in [2.75, 3.05) is 44.3 Å². The maximum Gasteiger partial charge on any atom is 0.253 e. The number of ether oxygens (including phenoxy) is 1. The quantitative estimate of drug-likeness (QED) is 0.793. The third kappa shape index (κ3) is 4.82. The fraction of sp³-hybridized carbons (Fsp3) is 0.500. The van der Waals surface area contributed by atoms with Gasteiger partial charge in [-0.25, -0.2) is 4.98 Å². The van der Waals surface area contributed by atoms with Crippen LogP contribution in [0.25, 0.3) is 0 Å². The molecule has 2 aliphatic heterocycles. The zero-order valence-electron chi connectivity index (χ0n) is 17.3. The third-order valence-corrected chi connectivity index (χ3v) is 6.64. The molecular formula is C22H28N4O3S. The van der Waals surface area contributed by atoms with Crippen molar-refractivity contribution in [2.45, 2.75) is 25.8 Å². The molecule has 0 spiro atoms. The highest BCUT2D eigenvalue weighted by molar-refractivity contribution is 7.09. The zero-order valence-corrected chi connectivity index (χ0v) is 18.1. The Hall–Kier alpha value is -2.45. The summed E-state index contributed by atoms with van der Waals surface area (Å²) in [5, 5.41) is 5.88. The van der Waals surface area contributed by atoms with Gasteiger partial charge in [0.05, 0.1) is 19.3 Å². The van der Waals surface area contributed by atoms with Crippen LogP contribution in [0.15, 0.2) is 35.8 Å². The smallest absolute Gasteiger partial charge is 0.253 e. The van der Waals surface area contributed by atoms with E-state index in [1.807, 2.05) is 34.5 Å². The molecule has 0 aliphatic carbocycles. The van der Waals surface area contributed by atoms with E-state index >= 15 is 0 Å². The molecule has 160 valence electrons. The molecular weight excluding hydrogens is 400 g/mol. The molecule has 30 heavy (non-hydrogen) atoms. The predicted octanol–water partition coefficient (Wildman–Crippen LogP) is 2.71. The van der Waals surface area contributed by atoms with Crippen molar-refractivity contribution in [1.29, 1.82) is 0 Å². The molecule has 4 rings (SSSR count). The number of piperidine rings is 1. The number of hydrogen-bond donors (Lipinski definition) is 1. The largest absolute Gasteiger partial charge is 0.378 e. The van der Waals surface area contributed by atoms with E-state index in [4.69, 9.17) is 4.74 Å². The molecule has 0 bridgehead atoms. The normalized spacial score (nSPS) is 20.6. The van der Waals surface area contributed by atoms with Crippen LogP contribution < -0.4 is 10.2 Å². The Kier molecular flexibility index (Phi) is 6.64. The monoisotopic (exact) mass is 428 g/mol. The van der Waals surface area contributed by atoms with Gasteiger partial charge >= 0.3 is 0 Å². The lowest BCUT2D eigenvalue weighted by Crippen LogP contribution is -2.45. The number of likely N-dealkylation sites (tertiary alicyclic amines) is 1. The van der Waals surface area contributed by atoms with Crippen molar-refractivity contribution < 1.29 is 14.3 Å². The van der Waals surface area contributed by atoms with Crippen LogP contribution >= 0.6 is 11.3 Å². The average Bonchev–Trinajstić information content (AvgIpc) is 3.32. The Labute approximate surface area is 181 Å². The summed E-state index contributed by atoms with van der Waals surface area (Å²) < 4.78 is 5.41. The Morgan fingerprint density at radius 3 is 2.63 bits per heavy atom. The van der Waals surface area contributed by atoms with Gasteiger partial charge in [0.1, 0.15) is 5.01 Å². The summed E-state index contributed by atoms with van der Waals surface area (Å²) in [7, 11) is 0. The van der Waals surface area contributed by atoms with E-state index in [2.05, 4.69) is 15.2 Å². The first-order valence-electron chi connectivity index (χ1n) is 10.5. The average molecular weight is 429 g/mol. The number of rotatable bonds is 5. The number of nitrogens with one attached hydrogen (secondary N) is 1. The number of nitrogens with zero attached hydrogens (tertiary/aromatic N) is 3. The van der Waals surface area contributed by atoms with Crippen LogP contribution in [-0.4, -0.2) is 61.1 Å². The van der Waals surface area contributed by atoms with Crippen molar-refractivity contribution in [3.8, 4) is 0 Å². The molecule has 7 nitrogen and oxygen atoms in total. The van der Waals surface area contributed by atoms with Gasteiger partial charge in [-0.15, -0.1) is 11.3 Å². The summed E-state index contributed by atoms with van der Waals surface area (Å²) >= 11 is 1.54. The number of morpholine rings is 1. The lowest BCUT2D eigenvalue weighted by Gasteiger charge is -2.36. The number of hydrogen-bond acceptors (Lipinski definition) is 6. The Bertz CT molecular complexity index is 850. The third-order valence-electron chi connectivity index (χ3n) is 5.78. The standard InChI is InChI=1S/C22H28N4O3S/c1-16(27)24-20(21-23-8-14-30-21)18-3-2-9-26(15-18)22(28)17-4-6-19(7-5-17)25-10-12-29-13-11-25/h4-8,14,18,20H,2-3,9-13,15H2,1H3,(H,24,27). The molecule has 2 atom stereocenters. The van der Waals surface area contributed by atoms with Crippen LogP contribution in [0.4, 0.5) is 5.69 Å². The van der Waals surface area contributed by atoms with Gasteiger partial charge < -0.3 is 19.9 Å². The van der Waals surface area contributed by atoms with Crippen LogP contribution in [-0.2, 0) is 9.53 Å². The van der Waals surface area contributed by atoms with Gasteiger partial charge in [0.2, 0.25) is 5.91 Å². The molecule has 0 radical (unpaired) electrons. The van der Waals surface area contributed by atoms with Crippen molar-refractivity contribution in [1.82, 2.24) is 15.2 Å². The molecule has 2 amide bonds. The van der Waals surface area contributed by atoms with Gasteiger partial charge in [0.25, 0.3) is 5.91 Å². The van der Waals surface area contributed by atoms with Crippen LogP contribution in [0, 0.1) is 5.92 Å². The maximum absolute atomic E-state index is 13.2. The molecule has 2 fully saturated rings. The van der Waals surface area contributed by atoms with Gasteiger partial charge in [0.15, 0.2) is 0 Å². The summed E-state index contributed by atoms with van der Waals surface area (Å²) in [6, 6.07) is 7.73. The van der Waals surface area contributed by atoms with Gasteiger partial charge in [0, 0.05) is 61.8 Å². The van der Waals surface area contributed by atoms with Crippen molar-refractivity contribution >= 4 is 28.8 Å². The van der Waals surface area contributed by atoms with Gasteiger partial charge in [-0.1, -0.05) is 0 Å². The molecule has 2 saturated heterocycles. The van der Waals surface area contributed by atoms with Crippen molar-refractivity contribution in [2.24, 2.45) is 5.92 Å². The number of benzene rings is 1. The lowest BCUT2D eigenvalue weighted by molar-refractivity contribution is -0.120. The summed E-state index contributed by atoms with van der Waals surface area (Å²) in [5.74, 6) is 0.136. The molecule has 1 aromatic heterocycles. The van der Waals surface area contributed by atoms with Crippen LogP contribution in [0.3, 0.4) is 0 Å². The number of amides is 2. The Morgan fingerprint density at radius 1 is 1.20 bits per heavy atom. The Morgan fingerprint density at radius 2 is 1.97 bits per heavy atom. The molecule has 1 aromatic carbocycles. The van der Waals surface area contributed by atoms with Crippen LogP contribution in [0.5, 0.6) is 0 Å². The Balaban J connectivity index is 1.44. The van der Waals surface area contributed by atoms with Gasteiger partial charge in [-0.3, -0.25) is 9.59 Å². The second-order valence-corrected chi connectivity index (χ2v) is 8.77. The van der Waals surface area contributed by atoms with E-state index in [-0.39, 0.29) is 23.8 Å². The minimum atomic E-state index is -0.151. The molecule has 8 heteroatoms. The van der Waals surface area contributed by atoms with Gasteiger partial charge in [-0.2, -0.15) is 0 Å². The maximum atomic E-state index is 13.2. The van der Waals surface area contributed by atoms with Crippen molar-refractivity contribution in [3.63, 3.8) is 0 Å². The number of aromatic nitrogens is 1. The van der Waals surface area contributed by atoms with Crippen molar-refractivity contribution in [3.05, 3.63) is 46.4 Å². The first-order valence-corrected chi connectivity index (χ1v) is 11.4. The number of thiazole rings is 1. The van der Waals surface area contributed by atoms with Crippen LogP contribution in [0.2, 0.25) is 0 Å². The molecule has 2 aromatic rings. The van der Waals surface area contributed by atoms with E-state index in [0.717, 1.165) is 56.4 Å². The highest BCUT2D eigenvalue weighted by Gasteiger charge is 2.32. The first-order chi connectivity index (χ1) is 14.6. The number of carbonyl (C=O) groups is 2. The van der Waals surface area contributed by atoms with E-state index in [1.165, 1.54) is 6.92 Å². The second-order valence-electron chi connectivity index (χ2n) is 7.85. The highest BCUT2D eigenvalue weighted by atomic mass is 32.1. The molecule has 0 saturated carbocycles. The fourth-order valence-corrected chi connectivity index (χ4v) is 5.05. The lowest BCUT2D eigenvalue weighted by atomic mass is 9.90. The summed E-state index contributed by atoms with van der Waals surface area (Å²) in [5.41, 5.74) is 1.83. The van der Waals surface area contributed by atoms with Crippen LogP contribution in [0.1, 0.15) is 41.2 Å². The topological polar surface area (TPSA) is 74.8 Å².